The number of H-pyrrole nitrogens is 1. The monoisotopic (exact) mass is 378 g/mol. The molecule has 0 saturated carbocycles. The van der Waals surface area contributed by atoms with Crippen molar-refractivity contribution in [3.8, 4) is 5.95 Å². The van der Waals surface area contributed by atoms with Gasteiger partial charge in [-0.1, -0.05) is 12.1 Å². The smallest absolute Gasteiger partial charge is 0.229 e. The van der Waals surface area contributed by atoms with Crippen molar-refractivity contribution in [3.63, 3.8) is 0 Å². The Morgan fingerprint density at radius 1 is 1.11 bits per heavy atom. The highest BCUT2D eigenvalue weighted by Gasteiger charge is 2.33. The third-order valence-electron chi connectivity index (χ3n) is 5.24. The molecular formula is C21H16F2N4O. The number of aromatic amines is 1. The summed E-state index contributed by atoms with van der Waals surface area (Å²) in [6, 6.07) is 11.0. The molecule has 0 saturated heterocycles. The summed E-state index contributed by atoms with van der Waals surface area (Å²) in [4.78, 5) is 20.6. The van der Waals surface area contributed by atoms with Gasteiger partial charge in [-0.2, -0.15) is 5.10 Å². The summed E-state index contributed by atoms with van der Waals surface area (Å²) in [5.41, 5.74) is 4.06. The number of aromatic nitrogens is 4. The average Bonchev–Trinajstić information content (AvgIpc) is 3.22. The summed E-state index contributed by atoms with van der Waals surface area (Å²) < 4.78 is 29.0. The van der Waals surface area contributed by atoms with E-state index < -0.39 is 11.6 Å². The largest absolute Gasteiger partial charge is 0.322 e. The first-order chi connectivity index (χ1) is 13.5. The van der Waals surface area contributed by atoms with E-state index in [1.165, 1.54) is 12.1 Å². The molecule has 5 rings (SSSR count). The number of carbonyl (C=O) groups excluding carboxylic acids is 1. The fourth-order valence-electron chi connectivity index (χ4n) is 4.02. The molecule has 4 aromatic rings. The normalized spacial score (nSPS) is 16.5. The first kappa shape index (κ1) is 16.8. The van der Waals surface area contributed by atoms with Gasteiger partial charge in [-0.15, -0.1) is 0 Å². The molecule has 2 aromatic carbocycles. The van der Waals surface area contributed by atoms with Gasteiger partial charge in [-0.3, -0.25) is 4.79 Å². The van der Waals surface area contributed by atoms with Crippen LogP contribution in [-0.4, -0.2) is 25.5 Å². The van der Waals surface area contributed by atoms with Crippen LogP contribution in [0.5, 0.6) is 0 Å². The van der Waals surface area contributed by atoms with E-state index in [0.717, 1.165) is 17.1 Å². The maximum absolute atomic E-state index is 13.7. The number of hydrogen-bond acceptors (Lipinski definition) is 3. The SMILES string of the molecule is Cc1nn(-c2nc3ccccc3[nH]2)c2c1C(=O)C[C@@H](c1cc(F)cc(F)c1)C2. The minimum atomic E-state index is -0.643. The van der Waals surface area contributed by atoms with Crippen LogP contribution in [-0.2, 0) is 6.42 Å². The molecule has 0 bridgehead atoms. The maximum atomic E-state index is 13.7. The number of rotatable bonds is 2. The zero-order valence-electron chi connectivity index (χ0n) is 15.0. The van der Waals surface area contributed by atoms with Crippen LogP contribution < -0.4 is 0 Å². The summed E-state index contributed by atoms with van der Waals surface area (Å²) in [6.07, 6.45) is 0.643. The number of halogens is 2. The number of ketones is 1. The zero-order chi connectivity index (χ0) is 19.4. The summed E-state index contributed by atoms with van der Waals surface area (Å²) in [5, 5.41) is 4.53. The molecule has 2 aromatic heterocycles. The van der Waals surface area contributed by atoms with Gasteiger partial charge < -0.3 is 4.98 Å². The van der Waals surface area contributed by atoms with Gasteiger partial charge in [-0.25, -0.2) is 18.4 Å². The van der Waals surface area contributed by atoms with Crippen molar-refractivity contribution in [2.24, 2.45) is 0 Å². The first-order valence-corrected chi connectivity index (χ1v) is 9.02. The van der Waals surface area contributed by atoms with Gasteiger partial charge in [0, 0.05) is 12.5 Å². The average molecular weight is 378 g/mol. The Hall–Kier alpha value is -3.35. The van der Waals surface area contributed by atoms with Crippen molar-refractivity contribution in [1.82, 2.24) is 19.7 Å². The van der Waals surface area contributed by atoms with E-state index in [-0.39, 0.29) is 18.1 Å². The summed E-state index contributed by atoms with van der Waals surface area (Å²) >= 11 is 0. The van der Waals surface area contributed by atoms with Crippen molar-refractivity contribution in [1.29, 1.82) is 0 Å². The van der Waals surface area contributed by atoms with Crippen molar-refractivity contribution in [3.05, 3.63) is 76.6 Å². The van der Waals surface area contributed by atoms with E-state index in [2.05, 4.69) is 15.1 Å². The van der Waals surface area contributed by atoms with E-state index in [1.807, 2.05) is 24.3 Å². The van der Waals surface area contributed by atoms with Crippen LogP contribution in [0.3, 0.4) is 0 Å². The summed E-state index contributed by atoms with van der Waals surface area (Å²) in [5.74, 6) is -1.16. The Bertz CT molecular complexity index is 1190. The van der Waals surface area contributed by atoms with Gasteiger partial charge in [0.15, 0.2) is 5.78 Å². The number of aryl methyl sites for hydroxylation is 1. The van der Waals surface area contributed by atoms with Gasteiger partial charge in [0.05, 0.1) is 28.0 Å². The lowest BCUT2D eigenvalue weighted by Crippen LogP contribution is -2.21. The highest BCUT2D eigenvalue weighted by atomic mass is 19.1. The highest BCUT2D eigenvalue weighted by Crippen LogP contribution is 2.35. The van der Waals surface area contributed by atoms with E-state index >= 15 is 0 Å². The highest BCUT2D eigenvalue weighted by molar-refractivity contribution is 6.00. The van der Waals surface area contributed by atoms with E-state index in [4.69, 9.17) is 0 Å². The molecule has 0 spiro atoms. The molecule has 0 amide bonds. The molecule has 2 heterocycles. The second-order valence-electron chi connectivity index (χ2n) is 7.13. The summed E-state index contributed by atoms with van der Waals surface area (Å²) in [6.45, 7) is 1.79. The molecule has 1 aliphatic rings. The lowest BCUT2D eigenvalue weighted by molar-refractivity contribution is 0.0963. The Balaban J connectivity index is 1.62. The van der Waals surface area contributed by atoms with Crippen LogP contribution in [0, 0.1) is 18.6 Å². The second kappa shape index (κ2) is 6.09. The van der Waals surface area contributed by atoms with Gasteiger partial charge in [-0.05, 0) is 49.1 Å². The van der Waals surface area contributed by atoms with Gasteiger partial charge in [0.2, 0.25) is 5.95 Å². The standard InChI is InChI=1S/C21H16F2N4O/c1-11-20-18(27(26-11)21-24-16-4-2-3-5-17(16)25-21)8-13(9-19(20)28)12-6-14(22)10-15(23)7-12/h2-7,10,13H,8-9H2,1H3,(H,24,25)/t13-/m0/s1. The minimum absolute atomic E-state index is 0.0734. The predicted octanol–water partition coefficient (Wildman–Crippen LogP) is 4.25. The number of benzene rings is 2. The molecule has 7 heteroatoms. The van der Waals surface area contributed by atoms with Crippen LogP contribution in [0.2, 0.25) is 0 Å². The van der Waals surface area contributed by atoms with Gasteiger partial charge in [0.25, 0.3) is 0 Å². The lowest BCUT2D eigenvalue weighted by atomic mass is 9.81. The van der Waals surface area contributed by atoms with Crippen molar-refractivity contribution in [2.75, 3.05) is 0 Å². The quantitative estimate of drug-likeness (QED) is 0.567. The van der Waals surface area contributed by atoms with E-state index in [1.54, 1.807) is 11.6 Å². The second-order valence-corrected chi connectivity index (χ2v) is 7.13. The first-order valence-electron chi connectivity index (χ1n) is 9.02. The minimum Gasteiger partial charge on any atom is -0.322 e. The predicted molar refractivity (Wildman–Crippen MR) is 99.7 cm³/mol. The number of carbonyl (C=O) groups is 1. The fraction of sp³-hybridized carbons (Fsp3) is 0.190. The molecule has 0 aliphatic heterocycles. The number of Topliss-reactive ketones (excluding diaryl/α,β-unsaturated/α-hetero) is 1. The Labute approximate surface area is 159 Å². The number of imidazole rings is 1. The Kier molecular flexibility index (Phi) is 3.65. The number of hydrogen-bond donors (Lipinski definition) is 1. The molecule has 0 fully saturated rings. The van der Waals surface area contributed by atoms with Crippen LogP contribution in [0.15, 0.2) is 42.5 Å². The number of para-hydroxylation sites is 2. The van der Waals surface area contributed by atoms with Crippen molar-refractivity contribution < 1.29 is 13.6 Å². The molecule has 1 N–H and O–H groups in total. The third kappa shape index (κ3) is 2.62. The van der Waals surface area contributed by atoms with Crippen molar-refractivity contribution in [2.45, 2.75) is 25.7 Å². The molecule has 0 radical (unpaired) electrons. The molecular weight excluding hydrogens is 362 g/mol. The molecule has 28 heavy (non-hydrogen) atoms. The van der Waals surface area contributed by atoms with Crippen molar-refractivity contribution >= 4 is 16.8 Å². The molecule has 0 unspecified atom stereocenters. The van der Waals surface area contributed by atoms with Crippen LogP contribution >= 0.6 is 0 Å². The molecule has 1 atom stereocenters. The number of fused-ring (bicyclic) bond motifs is 2. The number of nitrogens with one attached hydrogen (secondary N) is 1. The van der Waals surface area contributed by atoms with Gasteiger partial charge >= 0.3 is 0 Å². The van der Waals surface area contributed by atoms with Crippen LogP contribution in [0.1, 0.15) is 39.6 Å². The molecule has 1 aliphatic carbocycles. The Morgan fingerprint density at radius 2 is 1.86 bits per heavy atom. The fourth-order valence-corrected chi connectivity index (χ4v) is 4.02. The van der Waals surface area contributed by atoms with E-state index in [0.29, 0.717) is 34.9 Å². The maximum Gasteiger partial charge on any atom is 0.229 e. The van der Waals surface area contributed by atoms with E-state index in [9.17, 15) is 13.6 Å². The third-order valence-corrected chi connectivity index (χ3v) is 5.24. The zero-order valence-corrected chi connectivity index (χ0v) is 15.0. The van der Waals surface area contributed by atoms with Crippen LogP contribution in [0.4, 0.5) is 8.78 Å². The molecule has 140 valence electrons. The number of nitrogens with zero attached hydrogens (tertiary/aromatic N) is 3. The lowest BCUT2D eigenvalue weighted by Gasteiger charge is -2.22. The summed E-state index contributed by atoms with van der Waals surface area (Å²) in [7, 11) is 0. The van der Waals surface area contributed by atoms with Crippen LogP contribution in [0.25, 0.3) is 17.0 Å². The topological polar surface area (TPSA) is 63.6 Å². The van der Waals surface area contributed by atoms with Gasteiger partial charge in [0.1, 0.15) is 11.6 Å². The molecule has 5 nitrogen and oxygen atoms in total. The Morgan fingerprint density at radius 3 is 2.61 bits per heavy atom.